The average molecular weight is 250 g/mol. The average Bonchev–Trinajstić information content (AvgIpc) is 2.36. The summed E-state index contributed by atoms with van der Waals surface area (Å²) in [4.78, 5) is 29.0. The van der Waals surface area contributed by atoms with Gasteiger partial charge in [0.15, 0.2) is 0 Å². The zero-order valence-corrected chi connectivity index (χ0v) is 10.9. The van der Waals surface area contributed by atoms with Crippen molar-refractivity contribution in [3.05, 3.63) is 30.1 Å². The quantitative estimate of drug-likeness (QED) is 0.743. The van der Waals surface area contributed by atoms with Gasteiger partial charge in [-0.05, 0) is 32.9 Å². The SMILES string of the molecule is CCOC(=O)CN(C(=O)c1ccncc1)C(C)C. The highest BCUT2D eigenvalue weighted by atomic mass is 16.5. The van der Waals surface area contributed by atoms with Gasteiger partial charge >= 0.3 is 5.97 Å². The lowest BCUT2D eigenvalue weighted by molar-refractivity contribution is -0.144. The predicted octanol–water partition coefficient (Wildman–Crippen LogP) is 1.50. The fraction of sp³-hybridized carbons (Fsp3) is 0.462. The number of amides is 1. The van der Waals surface area contributed by atoms with Crippen LogP contribution in [0.3, 0.4) is 0 Å². The van der Waals surface area contributed by atoms with Gasteiger partial charge in [-0.1, -0.05) is 0 Å². The van der Waals surface area contributed by atoms with Crippen LogP contribution >= 0.6 is 0 Å². The zero-order valence-electron chi connectivity index (χ0n) is 10.9. The third-order valence-corrected chi connectivity index (χ3v) is 2.42. The molecule has 0 fully saturated rings. The van der Waals surface area contributed by atoms with Crippen molar-refractivity contribution in [2.75, 3.05) is 13.2 Å². The second kappa shape index (κ2) is 6.74. The fourth-order valence-corrected chi connectivity index (χ4v) is 1.49. The van der Waals surface area contributed by atoms with E-state index in [0.717, 1.165) is 0 Å². The van der Waals surface area contributed by atoms with Gasteiger partial charge in [0, 0.05) is 24.0 Å². The van der Waals surface area contributed by atoms with Crippen molar-refractivity contribution >= 4 is 11.9 Å². The van der Waals surface area contributed by atoms with Crippen LogP contribution in [0.4, 0.5) is 0 Å². The molecule has 0 saturated heterocycles. The summed E-state index contributed by atoms with van der Waals surface area (Å²) in [6.45, 7) is 5.74. The van der Waals surface area contributed by atoms with Crippen LogP contribution in [0.5, 0.6) is 0 Å². The van der Waals surface area contributed by atoms with Crippen molar-refractivity contribution in [2.24, 2.45) is 0 Å². The molecule has 18 heavy (non-hydrogen) atoms. The first-order valence-corrected chi connectivity index (χ1v) is 5.92. The molecule has 5 nitrogen and oxygen atoms in total. The Morgan fingerprint density at radius 1 is 1.33 bits per heavy atom. The highest BCUT2D eigenvalue weighted by Gasteiger charge is 2.21. The molecule has 0 aromatic carbocycles. The molecule has 0 atom stereocenters. The van der Waals surface area contributed by atoms with Gasteiger partial charge in [0.05, 0.1) is 6.61 Å². The molecule has 1 heterocycles. The molecule has 0 saturated carbocycles. The van der Waals surface area contributed by atoms with Crippen LogP contribution < -0.4 is 0 Å². The summed E-state index contributed by atoms with van der Waals surface area (Å²) in [7, 11) is 0. The van der Waals surface area contributed by atoms with E-state index in [1.54, 1.807) is 31.5 Å². The molecular weight excluding hydrogens is 232 g/mol. The molecule has 0 aliphatic heterocycles. The van der Waals surface area contributed by atoms with Crippen LogP contribution in [0.2, 0.25) is 0 Å². The highest BCUT2D eigenvalue weighted by molar-refractivity contribution is 5.96. The molecule has 0 bridgehead atoms. The summed E-state index contributed by atoms with van der Waals surface area (Å²) in [5.74, 6) is -0.589. The Bertz CT molecular complexity index is 404. The summed E-state index contributed by atoms with van der Waals surface area (Å²) in [6, 6.07) is 3.18. The Balaban J connectivity index is 2.79. The van der Waals surface area contributed by atoms with Crippen LogP contribution in [0.1, 0.15) is 31.1 Å². The van der Waals surface area contributed by atoms with Gasteiger partial charge in [-0.25, -0.2) is 0 Å². The number of carbonyl (C=O) groups excluding carboxylic acids is 2. The molecule has 98 valence electrons. The lowest BCUT2D eigenvalue weighted by Gasteiger charge is -2.25. The van der Waals surface area contributed by atoms with Crippen LogP contribution in [0.15, 0.2) is 24.5 Å². The largest absolute Gasteiger partial charge is 0.465 e. The topological polar surface area (TPSA) is 59.5 Å². The maximum atomic E-state index is 12.2. The number of aromatic nitrogens is 1. The smallest absolute Gasteiger partial charge is 0.325 e. The number of esters is 1. The van der Waals surface area contributed by atoms with E-state index >= 15 is 0 Å². The Hall–Kier alpha value is -1.91. The molecule has 0 radical (unpaired) electrons. The standard InChI is InChI=1S/C13H18N2O3/c1-4-18-12(16)9-15(10(2)3)13(17)11-5-7-14-8-6-11/h5-8,10H,4,9H2,1-3H3. The Morgan fingerprint density at radius 2 is 1.94 bits per heavy atom. The summed E-state index contributed by atoms with van der Waals surface area (Å²) in [5, 5.41) is 0. The normalized spacial score (nSPS) is 10.2. The van der Waals surface area contributed by atoms with E-state index in [2.05, 4.69) is 4.98 Å². The van der Waals surface area contributed by atoms with E-state index in [9.17, 15) is 9.59 Å². The minimum atomic E-state index is -0.395. The van der Waals surface area contributed by atoms with E-state index in [1.807, 2.05) is 13.8 Å². The van der Waals surface area contributed by atoms with E-state index in [4.69, 9.17) is 4.74 Å². The van der Waals surface area contributed by atoms with Crippen LogP contribution in [0.25, 0.3) is 0 Å². The van der Waals surface area contributed by atoms with E-state index in [0.29, 0.717) is 12.2 Å². The van der Waals surface area contributed by atoms with E-state index < -0.39 is 5.97 Å². The van der Waals surface area contributed by atoms with Crippen molar-refractivity contribution in [2.45, 2.75) is 26.8 Å². The van der Waals surface area contributed by atoms with Gasteiger partial charge in [0.1, 0.15) is 6.54 Å². The molecule has 0 aliphatic rings. The molecule has 1 amide bonds. The number of rotatable bonds is 5. The van der Waals surface area contributed by atoms with Gasteiger partial charge < -0.3 is 9.64 Å². The third kappa shape index (κ3) is 3.84. The number of ether oxygens (including phenoxy) is 1. The Labute approximate surface area is 107 Å². The Morgan fingerprint density at radius 3 is 2.44 bits per heavy atom. The van der Waals surface area contributed by atoms with Crippen molar-refractivity contribution < 1.29 is 14.3 Å². The summed E-state index contributed by atoms with van der Waals surface area (Å²) >= 11 is 0. The van der Waals surface area contributed by atoms with Crippen molar-refractivity contribution in [3.8, 4) is 0 Å². The van der Waals surface area contributed by atoms with Crippen LogP contribution in [-0.4, -0.2) is 41.0 Å². The molecule has 0 spiro atoms. The van der Waals surface area contributed by atoms with Crippen LogP contribution in [0, 0.1) is 0 Å². The van der Waals surface area contributed by atoms with Gasteiger partial charge in [-0.3, -0.25) is 14.6 Å². The first-order chi connectivity index (χ1) is 8.56. The van der Waals surface area contributed by atoms with Crippen LogP contribution in [-0.2, 0) is 9.53 Å². The predicted molar refractivity (Wildman–Crippen MR) is 67.0 cm³/mol. The fourth-order valence-electron chi connectivity index (χ4n) is 1.49. The van der Waals surface area contributed by atoms with Gasteiger partial charge in [-0.2, -0.15) is 0 Å². The molecule has 0 aliphatic carbocycles. The molecule has 1 aromatic rings. The van der Waals surface area contributed by atoms with E-state index in [-0.39, 0.29) is 18.5 Å². The van der Waals surface area contributed by atoms with Gasteiger partial charge in [0.25, 0.3) is 5.91 Å². The van der Waals surface area contributed by atoms with E-state index in [1.165, 1.54) is 4.90 Å². The lowest BCUT2D eigenvalue weighted by atomic mass is 10.2. The summed E-state index contributed by atoms with van der Waals surface area (Å²) in [5.41, 5.74) is 0.517. The number of nitrogens with zero attached hydrogens (tertiary/aromatic N) is 2. The first kappa shape index (κ1) is 14.2. The lowest BCUT2D eigenvalue weighted by Crippen LogP contribution is -2.41. The number of pyridine rings is 1. The maximum Gasteiger partial charge on any atom is 0.325 e. The number of carbonyl (C=O) groups is 2. The second-order valence-electron chi connectivity index (χ2n) is 4.07. The zero-order chi connectivity index (χ0) is 13.5. The number of hydrogen-bond acceptors (Lipinski definition) is 4. The van der Waals surface area contributed by atoms with Crippen molar-refractivity contribution in [3.63, 3.8) is 0 Å². The monoisotopic (exact) mass is 250 g/mol. The first-order valence-electron chi connectivity index (χ1n) is 5.92. The molecular formula is C13H18N2O3. The van der Waals surface area contributed by atoms with Crippen molar-refractivity contribution in [1.29, 1.82) is 0 Å². The highest BCUT2D eigenvalue weighted by Crippen LogP contribution is 2.07. The summed E-state index contributed by atoms with van der Waals surface area (Å²) in [6.07, 6.45) is 3.10. The summed E-state index contributed by atoms with van der Waals surface area (Å²) < 4.78 is 4.86. The van der Waals surface area contributed by atoms with Gasteiger partial charge in [0.2, 0.25) is 0 Å². The minimum Gasteiger partial charge on any atom is -0.465 e. The molecule has 1 aromatic heterocycles. The van der Waals surface area contributed by atoms with Gasteiger partial charge in [-0.15, -0.1) is 0 Å². The van der Waals surface area contributed by atoms with Crippen molar-refractivity contribution in [1.82, 2.24) is 9.88 Å². The molecule has 1 rings (SSSR count). The molecule has 0 N–H and O–H groups in total. The maximum absolute atomic E-state index is 12.2. The number of hydrogen-bond donors (Lipinski definition) is 0. The third-order valence-electron chi connectivity index (χ3n) is 2.42. The second-order valence-corrected chi connectivity index (χ2v) is 4.07. The molecule has 0 unspecified atom stereocenters. The minimum absolute atomic E-state index is 0.0351. The molecule has 5 heteroatoms. The Kier molecular flexibility index (Phi) is 5.30.